The highest BCUT2D eigenvalue weighted by Crippen LogP contribution is 2.15. The minimum atomic E-state index is 0.822. The Morgan fingerprint density at radius 3 is 2.92 bits per heavy atom. The molecule has 2 rings (SSSR count). The van der Waals surface area contributed by atoms with Crippen molar-refractivity contribution in [1.82, 2.24) is 4.98 Å². The van der Waals surface area contributed by atoms with Gasteiger partial charge >= 0.3 is 0 Å². The van der Waals surface area contributed by atoms with E-state index in [1.54, 1.807) is 0 Å². The Morgan fingerprint density at radius 1 is 1.17 bits per heavy atom. The van der Waals surface area contributed by atoms with Crippen LogP contribution in [0.5, 0.6) is 0 Å². The molecule has 1 heterocycles. The number of pyridine rings is 1. The molecule has 0 amide bonds. The van der Waals surface area contributed by atoms with E-state index in [4.69, 9.17) is 0 Å². The van der Waals surface area contributed by atoms with Crippen LogP contribution in [-0.2, 0) is 6.42 Å². The van der Waals surface area contributed by atoms with Gasteiger partial charge in [-0.1, -0.05) is 18.2 Å². The molecular weight excluding hydrogens is 146 g/mol. The molecule has 1 radical (unpaired) electrons. The predicted octanol–water partition coefficient (Wildman–Crippen LogP) is 2.61. The van der Waals surface area contributed by atoms with Gasteiger partial charge in [0.25, 0.3) is 0 Å². The third-order valence-electron chi connectivity index (χ3n) is 2.01. The standard InChI is InChI=1S/C11H10N/c1-2-9-5-3-7-11-10(9)6-4-8-12-11/h3-8H,1-2H2. The third-order valence-corrected chi connectivity index (χ3v) is 2.01. The first-order chi connectivity index (χ1) is 5.92. The fraction of sp³-hybridized carbons (Fsp3) is 0.0909. The van der Waals surface area contributed by atoms with Crippen molar-refractivity contribution in [3.8, 4) is 0 Å². The monoisotopic (exact) mass is 156 g/mol. The van der Waals surface area contributed by atoms with E-state index in [1.165, 1.54) is 10.9 Å². The summed E-state index contributed by atoms with van der Waals surface area (Å²) in [7, 11) is 0. The summed E-state index contributed by atoms with van der Waals surface area (Å²) in [6.45, 7) is 3.88. The first-order valence-corrected chi connectivity index (χ1v) is 4.03. The summed E-state index contributed by atoms with van der Waals surface area (Å²) in [5, 5.41) is 1.22. The zero-order chi connectivity index (χ0) is 8.39. The van der Waals surface area contributed by atoms with Crippen LogP contribution < -0.4 is 0 Å². The number of nitrogens with zero attached hydrogens (tertiary/aromatic N) is 1. The van der Waals surface area contributed by atoms with Crippen LogP contribution in [0.1, 0.15) is 5.56 Å². The molecule has 1 aromatic heterocycles. The van der Waals surface area contributed by atoms with Gasteiger partial charge in [0.2, 0.25) is 0 Å². The summed E-state index contributed by atoms with van der Waals surface area (Å²) in [5.41, 5.74) is 2.32. The Kier molecular flexibility index (Phi) is 1.78. The summed E-state index contributed by atoms with van der Waals surface area (Å²) in [5.74, 6) is 0. The van der Waals surface area contributed by atoms with Gasteiger partial charge in [-0.3, -0.25) is 4.98 Å². The number of aromatic nitrogens is 1. The van der Waals surface area contributed by atoms with Gasteiger partial charge in [0.15, 0.2) is 0 Å². The molecule has 0 bridgehead atoms. The van der Waals surface area contributed by atoms with Gasteiger partial charge in [0.1, 0.15) is 0 Å². The first kappa shape index (κ1) is 7.29. The zero-order valence-corrected chi connectivity index (χ0v) is 6.83. The quantitative estimate of drug-likeness (QED) is 0.618. The van der Waals surface area contributed by atoms with E-state index in [1.807, 2.05) is 24.4 Å². The average molecular weight is 156 g/mol. The van der Waals surface area contributed by atoms with E-state index in [0.29, 0.717) is 0 Å². The summed E-state index contributed by atoms with van der Waals surface area (Å²) in [6, 6.07) is 10.2. The molecule has 1 heteroatoms. The number of rotatable bonds is 1. The second kappa shape index (κ2) is 2.94. The molecule has 0 fully saturated rings. The van der Waals surface area contributed by atoms with Crippen LogP contribution in [0.2, 0.25) is 0 Å². The highest BCUT2D eigenvalue weighted by Gasteiger charge is 1.96. The number of hydrogen-bond donors (Lipinski definition) is 0. The van der Waals surface area contributed by atoms with Crippen molar-refractivity contribution in [2.45, 2.75) is 6.42 Å². The summed E-state index contributed by atoms with van der Waals surface area (Å²) < 4.78 is 0. The van der Waals surface area contributed by atoms with Gasteiger partial charge in [0.05, 0.1) is 5.52 Å². The Balaban J connectivity index is 2.79. The van der Waals surface area contributed by atoms with Crippen LogP contribution in [0.3, 0.4) is 0 Å². The second-order valence-electron chi connectivity index (χ2n) is 2.74. The lowest BCUT2D eigenvalue weighted by atomic mass is 10.1. The Bertz CT molecular complexity index is 388. The van der Waals surface area contributed by atoms with Crippen molar-refractivity contribution >= 4 is 10.9 Å². The Morgan fingerprint density at radius 2 is 2.08 bits per heavy atom. The van der Waals surface area contributed by atoms with Crippen molar-refractivity contribution in [3.05, 3.63) is 49.0 Å². The maximum absolute atomic E-state index is 4.26. The molecule has 0 aliphatic carbocycles. The van der Waals surface area contributed by atoms with E-state index in [-0.39, 0.29) is 0 Å². The minimum absolute atomic E-state index is 0.822. The van der Waals surface area contributed by atoms with Crippen molar-refractivity contribution < 1.29 is 0 Å². The molecule has 12 heavy (non-hydrogen) atoms. The van der Waals surface area contributed by atoms with Gasteiger partial charge in [-0.25, -0.2) is 0 Å². The molecule has 1 nitrogen and oxygen atoms in total. The highest BCUT2D eigenvalue weighted by atomic mass is 14.6. The van der Waals surface area contributed by atoms with Gasteiger partial charge in [0, 0.05) is 11.6 Å². The van der Waals surface area contributed by atoms with Crippen LogP contribution in [-0.4, -0.2) is 4.98 Å². The molecule has 0 N–H and O–H groups in total. The van der Waals surface area contributed by atoms with Crippen LogP contribution in [0, 0.1) is 6.92 Å². The predicted molar refractivity (Wildman–Crippen MR) is 50.8 cm³/mol. The van der Waals surface area contributed by atoms with Crippen LogP contribution in [0.15, 0.2) is 36.5 Å². The Labute approximate surface area is 72.1 Å². The van der Waals surface area contributed by atoms with Crippen molar-refractivity contribution in [3.63, 3.8) is 0 Å². The molecule has 0 unspecified atom stereocenters. The maximum atomic E-state index is 4.26. The number of hydrogen-bond acceptors (Lipinski definition) is 1. The third kappa shape index (κ3) is 1.07. The van der Waals surface area contributed by atoms with E-state index >= 15 is 0 Å². The lowest BCUT2D eigenvalue weighted by molar-refractivity contribution is 1.29. The fourth-order valence-electron chi connectivity index (χ4n) is 1.39. The zero-order valence-electron chi connectivity index (χ0n) is 6.83. The average Bonchev–Trinajstić information content (AvgIpc) is 2.17. The lowest BCUT2D eigenvalue weighted by Gasteiger charge is -2.01. The molecular formula is C11H10N. The summed E-state index contributed by atoms with van der Waals surface area (Å²) in [4.78, 5) is 4.26. The fourth-order valence-corrected chi connectivity index (χ4v) is 1.39. The van der Waals surface area contributed by atoms with Gasteiger partial charge in [-0.2, -0.15) is 0 Å². The maximum Gasteiger partial charge on any atom is 0.0704 e. The van der Waals surface area contributed by atoms with Crippen LogP contribution in [0.4, 0.5) is 0 Å². The molecule has 1 aromatic carbocycles. The van der Waals surface area contributed by atoms with Crippen molar-refractivity contribution in [1.29, 1.82) is 0 Å². The van der Waals surface area contributed by atoms with Crippen LogP contribution >= 0.6 is 0 Å². The second-order valence-corrected chi connectivity index (χ2v) is 2.74. The molecule has 2 aromatic rings. The largest absolute Gasteiger partial charge is 0.256 e. The molecule has 59 valence electrons. The van der Waals surface area contributed by atoms with E-state index in [0.717, 1.165) is 11.9 Å². The molecule has 0 atom stereocenters. The summed E-state index contributed by atoms with van der Waals surface area (Å²) >= 11 is 0. The first-order valence-electron chi connectivity index (χ1n) is 4.03. The normalized spacial score (nSPS) is 10.4. The molecule has 0 saturated heterocycles. The molecule has 0 aliphatic rings. The van der Waals surface area contributed by atoms with Crippen molar-refractivity contribution in [2.24, 2.45) is 0 Å². The Hall–Kier alpha value is -1.37. The SMILES string of the molecule is [CH2]Cc1cccc2ncccc12. The van der Waals surface area contributed by atoms with E-state index < -0.39 is 0 Å². The number of benzene rings is 1. The minimum Gasteiger partial charge on any atom is -0.256 e. The van der Waals surface area contributed by atoms with Crippen LogP contribution in [0.25, 0.3) is 10.9 Å². The van der Waals surface area contributed by atoms with Gasteiger partial charge in [-0.15, -0.1) is 0 Å². The van der Waals surface area contributed by atoms with E-state index in [2.05, 4.69) is 24.0 Å². The number of fused-ring (bicyclic) bond motifs is 1. The topological polar surface area (TPSA) is 12.9 Å². The molecule has 0 aliphatic heterocycles. The van der Waals surface area contributed by atoms with Crippen molar-refractivity contribution in [2.75, 3.05) is 0 Å². The summed E-state index contributed by atoms with van der Waals surface area (Å²) in [6.07, 6.45) is 2.64. The lowest BCUT2D eigenvalue weighted by Crippen LogP contribution is -1.84. The highest BCUT2D eigenvalue weighted by molar-refractivity contribution is 5.81. The smallest absolute Gasteiger partial charge is 0.0704 e. The van der Waals surface area contributed by atoms with Gasteiger partial charge < -0.3 is 0 Å². The molecule has 0 saturated carbocycles. The van der Waals surface area contributed by atoms with Gasteiger partial charge in [-0.05, 0) is 31.0 Å². The van der Waals surface area contributed by atoms with E-state index in [9.17, 15) is 0 Å². The molecule has 0 spiro atoms.